The molecule has 0 saturated carbocycles. The number of benzene rings is 1. The van der Waals surface area contributed by atoms with Gasteiger partial charge in [0.05, 0.1) is 12.8 Å². The summed E-state index contributed by atoms with van der Waals surface area (Å²) in [5, 5.41) is 0. The monoisotopic (exact) mass is 200 g/mol. The smallest absolute Gasteiger partial charge is 0.118 e. The van der Waals surface area contributed by atoms with Crippen molar-refractivity contribution >= 4 is 0 Å². The fraction of sp³-hybridized carbons (Fsp3) is 0.167. The number of ether oxygens (including phenoxy) is 1. The molecule has 0 aliphatic rings. The Bertz CT molecular complexity index is 451. The summed E-state index contributed by atoms with van der Waals surface area (Å²) in [6.07, 6.45) is 1.58. The van der Waals surface area contributed by atoms with Crippen LogP contribution in [0.15, 0.2) is 36.7 Å². The highest BCUT2D eigenvalue weighted by molar-refractivity contribution is 5.59. The van der Waals surface area contributed by atoms with Gasteiger partial charge < -0.3 is 4.74 Å². The van der Waals surface area contributed by atoms with Crippen molar-refractivity contribution in [2.24, 2.45) is 0 Å². The molecule has 0 aliphatic heterocycles. The molecular weight excluding hydrogens is 188 g/mol. The van der Waals surface area contributed by atoms with Gasteiger partial charge in [0.25, 0.3) is 0 Å². The van der Waals surface area contributed by atoms with Gasteiger partial charge in [-0.25, -0.2) is 9.97 Å². The Morgan fingerprint density at radius 3 is 2.40 bits per heavy atom. The van der Waals surface area contributed by atoms with Gasteiger partial charge in [-0.15, -0.1) is 0 Å². The Labute approximate surface area is 88.8 Å². The largest absolute Gasteiger partial charge is 0.497 e. The number of hydrogen-bond donors (Lipinski definition) is 0. The van der Waals surface area contributed by atoms with E-state index in [0.717, 1.165) is 22.7 Å². The molecule has 15 heavy (non-hydrogen) atoms. The van der Waals surface area contributed by atoms with Crippen LogP contribution >= 0.6 is 0 Å². The molecule has 1 heterocycles. The lowest BCUT2D eigenvalue weighted by Gasteiger charge is -2.03. The summed E-state index contributed by atoms with van der Waals surface area (Å²) in [7, 11) is 1.66. The van der Waals surface area contributed by atoms with E-state index < -0.39 is 0 Å². The third kappa shape index (κ3) is 2.13. The van der Waals surface area contributed by atoms with Crippen molar-refractivity contribution in [2.75, 3.05) is 7.11 Å². The van der Waals surface area contributed by atoms with E-state index in [2.05, 4.69) is 9.97 Å². The van der Waals surface area contributed by atoms with E-state index in [-0.39, 0.29) is 0 Å². The van der Waals surface area contributed by atoms with Crippen molar-refractivity contribution in [1.29, 1.82) is 0 Å². The first-order valence-corrected chi connectivity index (χ1v) is 4.72. The number of methoxy groups -OCH3 is 1. The summed E-state index contributed by atoms with van der Waals surface area (Å²) in [6, 6.07) is 9.78. The maximum absolute atomic E-state index is 5.10. The predicted molar refractivity (Wildman–Crippen MR) is 58.8 cm³/mol. The molecular formula is C12H12N2O. The SMILES string of the molecule is COc1ccc(-c2cc(C)ncn2)cc1. The van der Waals surface area contributed by atoms with Gasteiger partial charge in [-0.3, -0.25) is 0 Å². The van der Waals surface area contributed by atoms with E-state index in [1.165, 1.54) is 0 Å². The minimum absolute atomic E-state index is 0.851. The molecule has 0 N–H and O–H groups in total. The molecule has 0 atom stereocenters. The lowest BCUT2D eigenvalue weighted by molar-refractivity contribution is 0.415. The summed E-state index contributed by atoms with van der Waals surface area (Å²) >= 11 is 0. The summed E-state index contributed by atoms with van der Waals surface area (Å²) < 4.78 is 5.10. The zero-order valence-electron chi connectivity index (χ0n) is 8.77. The highest BCUT2D eigenvalue weighted by Crippen LogP contribution is 2.20. The predicted octanol–water partition coefficient (Wildman–Crippen LogP) is 2.46. The second kappa shape index (κ2) is 4.09. The maximum Gasteiger partial charge on any atom is 0.118 e. The van der Waals surface area contributed by atoms with Gasteiger partial charge in [0, 0.05) is 11.3 Å². The summed E-state index contributed by atoms with van der Waals surface area (Å²) in [5.41, 5.74) is 2.97. The zero-order chi connectivity index (χ0) is 10.7. The van der Waals surface area contributed by atoms with Gasteiger partial charge in [0.1, 0.15) is 12.1 Å². The molecule has 0 unspecified atom stereocenters. The molecule has 0 radical (unpaired) electrons. The highest BCUT2D eigenvalue weighted by atomic mass is 16.5. The standard InChI is InChI=1S/C12H12N2O/c1-9-7-12(14-8-13-9)10-3-5-11(15-2)6-4-10/h3-8H,1-2H3. The average molecular weight is 200 g/mol. The molecule has 3 heteroatoms. The number of aryl methyl sites for hydroxylation is 1. The summed E-state index contributed by atoms with van der Waals surface area (Å²) in [5.74, 6) is 0.851. The Morgan fingerprint density at radius 1 is 1.07 bits per heavy atom. The van der Waals surface area contributed by atoms with E-state index in [4.69, 9.17) is 4.74 Å². The summed E-state index contributed by atoms with van der Waals surface area (Å²) in [4.78, 5) is 8.28. The number of rotatable bonds is 2. The Hall–Kier alpha value is -1.90. The summed E-state index contributed by atoms with van der Waals surface area (Å²) in [6.45, 7) is 1.95. The van der Waals surface area contributed by atoms with Crippen molar-refractivity contribution in [3.63, 3.8) is 0 Å². The Kier molecular flexibility index (Phi) is 2.63. The Morgan fingerprint density at radius 2 is 1.80 bits per heavy atom. The van der Waals surface area contributed by atoms with Crippen LogP contribution in [0.3, 0.4) is 0 Å². The van der Waals surface area contributed by atoms with Crippen molar-refractivity contribution in [3.8, 4) is 17.0 Å². The van der Waals surface area contributed by atoms with Crippen molar-refractivity contribution in [3.05, 3.63) is 42.4 Å². The van der Waals surface area contributed by atoms with Gasteiger partial charge in [-0.1, -0.05) is 0 Å². The maximum atomic E-state index is 5.10. The molecule has 3 nitrogen and oxygen atoms in total. The van der Waals surface area contributed by atoms with Crippen molar-refractivity contribution in [1.82, 2.24) is 9.97 Å². The lowest BCUT2D eigenvalue weighted by Crippen LogP contribution is -1.88. The van der Waals surface area contributed by atoms with Crippen LogP contribution in [0, 0.1) is 6.92 Å². The third-order valence-corrected chi connectivity index (χ3v) is 2.19. The molecule has 76 valence electrons. The van der Waals surface area contributed by atoms with Crippen LogP contribution in [0.5, 0.6) is 5.75 Å². The third-order valence-electron chi connectivity index (χ3n) is 2.19. The first-order chi connectivity index (χ1) is 7.29. The van der Waals surface area contributed by atoms with Gasteiger partial charge in [-0.05, 0) is 37.3 Å². The van der Waals surface area contributed by atoms with E-state index in [0.29, 0.717) is 0 Å². The first kappa shape index (κ1) is 9.65. The van der Waals surface area contributed by atoms with Gasteiger partial charge in [0.15, 0.2) is 0 Å². The Balaban J connectivity index is 2.37. The normalized spacial score (nSPS) is 10.0. The fourth-order valence-corrected chi connectivity index (χ4v) is 1.37. The van der Waals surface area contributed by atoms with Gasteiger partial charge in [0.2, 0.25) is 0 Å². The van der Waals surface area contributed by atoms with Crippen molar-refractivity contribution < 1.29 is 4.74 Å². The van der Waals surface area contributed by atoms with E-state index in [1.807, 2.05) is 37.3 Å². The molecule has 0 saturated heterocycles. The van der Waals surface area contributed by atoms with Crippen LogP contribution in [-0.2, 0) is 0 Å². The van der Waals surface area contributed by atoms with E-state index in [9.17, 15) is 0 Å². The van der Waals surface area contributed by atoms with E-state index in [1.54, 1.807) is 13.4 Å². The van der Waals surface area contributed by atoms with Gasteiger partial charge >= 0.3 is 0 Å². The number of aromatic nitrogens is 2. The molecule has 0 bridgehead atoms. The molecule has 0 aliphatic carbocycles. The second-order valence-electron chi connectivity index (χ2n) is 3.27. The topological polar surface area (TPSA) is 35.0 Å². The van der Waals surface area contributed by atoms with Crippen molar-refractivity contribution in [2.45, 2.75) is 6.92 Å². The zero-order valence-corrected chi connectivity index (χ0v) is 8.77. The molecule has 0 fully saturated rings. The fourth-order valence-electron chi connectivity index (χ4n) is 1.37. The quantitative estimate of drug-likeness (QED) is 0.747. The molecule has 0 amide bonds. The minimum atomic E-state index is 0.851. The van der Waals surface area contributed by atoms with Crippen LogP contribution in [-0.4, -0.2) is 17.1 Å². The van der Waals surface area contributed by atoms with E-state index >= 15 is 0 Å². The van der Waals surface area contributed by atoms with Crippen LogP contribution in [0.1, 0.15) is 5.69 Å². The minimum Gasteiger partial charge on any atom is -0.497 e. The second-order valence-corrected chi connectivity index (χ2v) is 3.27. The molecule has 0 spiro atoms. The molecule has 1 aromatic carbocycles. The number of nitrogens with zero attached hydrogens (tertiary/aromatic N) is 2. The van der Waals surface area contributed by atoms with Gasteiger partial charge in [-0.2, -0.15) is 0 Å². The molecule has 1 aromatic heterocycles. The first-order valence-electron chi connectivity index (χ1n) is 4.72. The molecule has 2 rings (SSSR count). The van der Waals surface area contributed by atoms with Crippen LogP contribution in [0.4, 0.5) is 0 Å². The highest BCUT2D eigenvalue weighted by Gasteiger charge is 1.99. The lowest BCUT2D eigenvalue weighted by atomic mass is 10.1. The number of hydrogen-bond acceptors (Lipinski definition) is 3. The van der Waals surface area contributed by atoms with Crippen LogP contribution in [0.2, 0.25) is 0 Å². The van der Waals surface area contributed by atoms with Crippen LogP contribution in [0.25, 0.3) is 11.3 Å². The molecule has 2 aromatic rings. The van der Waals surface area contributed by atoms with Crippen LogP contribution < -0.4 is 4.74 Å². The average Bonchev–Trinajstić information content (AvgIpc) is 2.29.